The average Bonchev–Trinajstić information content (AvgIpc) is 3.32. The normalized spacial score (nSPS) is 17.6. The molecule has 2 N–H and O–H groups in total. The van der Waals surface area contributed by atoms with E-state index in [0.717, 1.165) is 29.7 Å². The molecule has 0 saturated carbocycles. The number of furan rings is 1. The Labute approximate surface area is 180 Å². The van der Waals surface area contributed by atoms with Crippen molar-refractivity contribution in [2.45, 2.75) is 19.0 Å². The van der Waals surface area contributed by atoms with E-state index < -0.39 is 0 Å². The summed E-state index contributed by atoms with van der Waals surface area (Å²) in [5, 5.41) is 2.99. The third kappa shape index (κ3) is 4.56. The van der Waals surface area contributed by atoms with Crippen LogP contribution in [0.1, 0.15) is 33.3 Å². The molecule has 7 heteroatoms. The number of hydrogen-bond acceptors (Lipinski definition) is 4. The van der Waals surface area contributed by atoms with Gasteiger partial charge in [-0.2, -0.15) is 0 Å². The van der Waals surface area contributed by atoms with Gasteiger partial charge in [0.2, 0.25) is 0 Å². The molecule has 0 bridgehead atoms. The molecule has 1 amide bonds. The van der Waals surface area contributed by atoms with Crippen LogP contribution in [0.4, 0.5) is 4.39 Å². The van der Waals surface area contributed by atoms with Crippen LogP contribution in [0.2, 0.25) is 0 Å². The second kappa shape index (κ2) is 9.22. The van der Waals surface area contributed by atoms with E-state index in [9.17, 15) is 9.18 Å². The second-order valence-electron chi connectivity index (χ2n) is 7.61. The molecule has 2 heterocycles. The van der Waals surface area contributed by atoms with Gasteiger partial charge in [0.15, 0.2) is 17.3 Å². The lowest BCUT2D eigenvalue weighted by Crippen LogP contribution is -3.12. The SMILES string of the molecule is COc1cc2c(cc1OC)[C@H](CNC(=O)c1ccco1)[NH+](Cc1cccc(F)c1)CC2. The Kier molecular flexibility index (Phi) is 6.23. The van der Waals surface area contributed by atoms with Crippen LogP contribution in [0.3, 0.4) is 0 Å². The fourth-order valence-corrected chi connectivity index (χ4v) is 4.23. The van der Waals surface area contributed by atoms with Crippen molar-refractivity contribution in [3.63, 3.8) is 0 Å². The lowest BCUT2D eigenvalue weighted by atomic mass is 9.91. The Bertz CT molecular complexity index is 1050. The maximum atomic E-state index is 13.7. The van der Waals surface area contributed by atoms with Crippen LogP contribution < -0.4 is 19.7 Å². The molecule has 4 rings (SSSR count). The van der Waals surface area contributed by atoms with Gasteiger partial charge in [-0.3, -0.25) is 4.79 Å². The number of carbonyl (C=O) groups is 1. The third-order valence-electron chi connectivity index (χ3n) is 5.76. The van der Waals surface area contributed by atoms with Crippen LogP contribution in [0, 0.1) is 5.82 Å². The molecule has 1 aromatic heterocycles. The van der Waals surface area contributed by atoms with Gasteiger partial charge in [-0.1, -0.05) is 12.1 Å². The van der Waals surface area contributed by atoms with Crippen LogP contribution in [0.15, 0.2) is 59.2 Å². The van der Waals surface area contributed by atoms with Crippen molar-refractivity contribution in [3.05, 3.63) is 83.1 Å². The number of halogens is 1. The Morgan fingerprint density at radius 2 is 1.97 bits per heavy atom. The second-order valence-corrected chi connectivity index (χ2v) is 7.61. The summed E-state index contributed by atoms with van der Waals surface area (Å²) in [5.74, 6) is 1.10. The van der Waals surface area contributed by atoms with E-state index in [-0.39, 0.29) is 23.5 Å². The molecule has 0 radical (unpaired) electrons. The molecule has 2 atom stereocenters. The van der Waals surface area contributed by atoms with Crippen LogP contribution in [-0.2, 0) is 13.0 Å². The molecule has 2 aromatic carbocycles. The van der Waals surface area contributed by atoms with E-state index in [0.29, 0.717) is 24.6 Å². The number of ether oxygens (including phenoxy) is 2. The van der Waals surface area contributed by atoms with Crippen molar-refractivity contribution >= 4 is 5.91 Å². The molecule has 3 aromatic rings. The molecular formula is C24H26FN2O4+. The zero-order valence-corrected chi connectivity index (χ0v) is 17.6. The van der Waals surface area contributed by atoms with E-state index in [1.54, 1.807) is 38.5 Å². The van der Waals surface area contributed by atoms with E-state index in [4.69, 9.17) is 13.9 Å². The summed E-state index contributed by atoms with van der Waals surface area (Å²) in [7, 11) is 3.23. The molecule has 0 spiro atoms. The van der Waals surface area contributed by atoms with Gasteiger partial charge in [0.25, 0.3) is 5.91 Å². The van der Waals surface area contributed by atoms with Gasteiger partial charge in [0.1, 0.15) is 18.4 Å². The van der Waals surface area contributed by atoms with Gasteiger partial charge < -0.3 is 24.1 Å². The van der Waals surface area contributed by atoms with Gasteiger partial charge in [-0.05, 0) is 42.0 Å². The first-order valence-electron chi connectivity index (χ1n) is 10.2. The van der Waals surface area contributed by atoms with Gasteiger partial charge in [-0.25, -0.2) is 4.39 Å². The van der Waals surface area contributed by atoms with Gasteiger partial charge in [-0.15, -0.1) is 0 Å². The highest BCUT2D eigenvalue weighted by molar-refractivity contribution is 5.91. The molecule has 1 unspecified atom stereocenters. The number of nitrogens with one attached hydrogen (secondary N) is 2. The smallest absolute Gasteiger partial charge is 0.287 e. The summed E-state index contributed by atoms with van der Waals surface area (Å²) < 4.78 is 29.9. The average molecular weight is 425 g/mol. The van der Waals surface area contributed by atoms with Crippen LogP contribution >= 0.6 is 0 Å². The van der Waals surface area contributed by atoms with E-state index in [1.165, 1.54) is 17.2 Å². The molecule has 1 aliphatic heterocycles. The zero-order chi connectivity index (χ0) is 21.8. The lowest BCUT2D eigenvalue weighted by Gasteiger charge is -2.35. The molecular weight excluding hydrogens is 399 g/mol. The van der Waals surface area contributed by atoms with Crippen LogP contribution in [0.25, 0.3) is 0 Å². The van der Waals surface area contributed by atoms with Crippen molar-refractivity contribution in [1.82, 2.24) is 5.32 Å². The minimum absolute atomic E-state index is 0.0364. The number of fused-ring (bicyclic) bond motifs is 1. The highest BCUT2D eigenvalue weighted by Crippen LogP contribution is 2.34. The quantitative estimate of drug-likeness (QED) is 0.611. The number of methoxy groups -OCH3 is 2. The largest absolute Gasteiger partial charge is 0.493 e. The maximum Gasteiger partial charge on any atom is 0.287 e. The number of quaternary nitrogens is 1. The van der Waals surface area contributed by atoms with Gasteiger partial charge in [0, 0.05) is 17.5 Å². The van der Waals surface area contributed by atoms with Crippen molar-refractivity contribution in [2.75, 3.05) is 27.3 Å². The third-order valence-corrected chi connectivity index (χ3v) is 5.76. The molecule has 0 saturated heterocycles. The number of benzene rings is 2. The van der Waals surface area contributed by atoms with E-state index >= 15 is 0 Å². The number of amides is 1. The fraction of sp³-hybridized carbons (Fsp3) is 0.292. The Morgan fingerprint density at radius 3 is 2.68 bits per heavy atom. The van der Waals surface area contributed by atoms with Gasteiger partial charge >= 0.3 is 0 Å². The first kappa shape index (κ1) is 20.9. The molecule has 31 heavy (non-hydrogen) atoms. The lowest BCUT2D eigenvalue weighted by molar-refractivity contribution is -0.945. The zero-order valence-electron chi connectivity index (χ0n) is 17.6. The van der Waals surface area contributed by atoms with Gasteiger partial charge in [0.05, 0.1) is 33.6 Å². The van der Waals surface area contributed by atoms with E-state index in [1.807, 2.05) is 18.2 Å². The molecule has 6 nitrogen and oxygen atoms in total. The van der Waals surface area contributed by atoms with Crippen molar-refractivity contribution < 1.29 is 28.0 Å². The molecule has 0 aliphatic carbocycles. The predicted molar refractivity (Wildman–Crippen MR) is 113 cm³/mol. The first-order valence-corrected chi connectivity index (χ1v) is 10.2. The Hall–Kier alpha value is -3.32. The minimum atomic E-state index is -0.261. The summed E-state index contributed by atoms with van der Waals surface area (Å²) >= 11 is 0. The summed E-state index contributed by atoms with van der Waals surface area (Å²) in [6.45, 7) is 1.90. The van der Waals surface area contributed by atoms with Crippen LogP contribution in [0.5, 0.6) is 11.5 Å². The number of hydrogen-bond donors (Lipinski definition) is 2. The van der Waals surface area contributed by atoms with Crippen LogP contribution in [-0.4, -0.2) is 33.2 Å². The summed E-state index contributed by atoms with van der Waals surface area (Å²) in [6.07, 6.45) is 2.33. The van der Waals surface area contributed by atoms with Crippen molar-refractivity contribution in [3.8, 4) is 11.5 Å². The first-order chi connectivity index (χ1) is 15.1. The van der Waals surface area contributed by atoms with Crippen molar-refractivity contribution in [2.24, 2.45) is 0 Å². The van der Waals surface area contributed by atoms with E-state index in [2.05, 4.69) is 5.32 Å². The summed E-state index contributed by atoms with van der Waals surface area (Å²) in [4.78, 5) is 13.7. The minimum Gasteiger partial charge on any atom is -0.493 e. The number of carbonyl (C=O) groups excluding carboxylic acids is 1. The van der Waals surface area contributed by atoms with Crippen molar-refractivity contribution in [1.29, 1.82) is 0 Å². The standard InChI is InChI=1S/C24H25FN2O4/c1-29-22-12-17-8-9-27(15-16-5-3-6-18(25)11-16)20(19(17)13-23(22)30-2)14-26-24(28)21-7-4-10-31-21/h3-7,10-13,20H,8-9,14-15H2,1-2H3,(H,26,28)/p+1/t20-/m0/s1. The Morgan fingerprint density at radius 1 is 1.16 bits per heavy atom. The predicted octanol–water partition coefficient (Wildman–Crippen LogP) is 2.55. The topological polar surface area (TPSA) is 65.1 Å². The number of rotatable bonds is 7. The molecule has 0 fully saturated rings. The Balaban J connectivity index is 1.64. The maximum absolute atomic E-state index is 13.7. The monoisotopic (exact) mass is 425 g/mol. The summed E-state index contributed by atoms with van der Waals surface area (Å²) in [6, 6.07) is 13.9. The molecule has 1 aliphatic rings. The highest BCUT2D eigenvalue weighted by Gasteiger charge is 2.33. The fourth-order valence-electron chi connectivity index (χ4n) is 4.23. The molecule has 162 valence electrons. The highest BCUT2D eigenvalue weighted by atomic mass is 19.1. The summed E-state index contributed by atoms with van der Waals surface area (Å²) in [5.41, 5.74) is 3.18.